The Hall–Kier alpha value is -0.400. The van der Waals surface area contributed by atoms with Crippen molar-refractivity contribution in [3.63, 3.8) is 0 Å². The van der Waals surface area contributed by atoms with E-state index in [1.165, 1.54) is 0 Å². The molecule has 0 heterocycles. The Bertz CT molecular complexity index is 226. The van der Waals surface area contributed by atoms with Gasteiger partial charge in [-0.05, 0) is 18.6 Å². The number of halogens is 2. The smallest absolute Gasteiger partial charge is 0.0494 e. The van der Waals surface area contributed by atoms with E-state index >= 15 is 0 Å². The molecular formula is C9H13Cl2N. The van der Waals surface area contributed by atoms with Crippen molar-refractivity contribution >= 4 is 29.7 Å². The van der Waals surface area contributed by atoms with Crippen LogP contribution in [-0.4, -0.2) is 6.54 Å². The summed E-state index contributed by atoms with van der Waals surface area (Å²) in [6, 6.07) is 8.08. The summed E-state index contributed by atoms with van der Waals surface area (Å²) in [5.74, 6) is 0.573. The molecule has 68 valence electrons. The highest BCUT2D eigenvalue weighted by molar-refractivity contribution is 6.17. The first-order valence-corrected chi connectivity index (χ1v) is 4.29. The summed E-state index contributed by atoms with van der Waals surface area (Å²) in [4.78, 5) is 0. The minimum absolute atomic E-state index is 0. The molecular weight excluding hydrogens is 193 g/mol. The van der Waals surface area contributed by atoms with Crippen LogP contribution in [0.2, 0.25) is 0 Å². The number of hydrogen-bond donors (Lipinski definition) is 1. The van der Waals surface area contributed by atoms with Crippen molar-refractivity contribution in [2.45, 2.75) is 12.8 Å². The third-order valence-corrected chi connectivity index (χ3v) is 1.82. The second-order valence-electron chi connectivity index (χ2n) is 2.32. The quantitative estimate of drug-likeness (QED) is 0.748. The molecule has 0 fully saturated rings. The van der Waals surface area contributed by atoms with Gasteiger partial charge in [-0.25, -0.2) is 0 Å². The monoisotopic (exact) mass is 205 g/mol. The van der Waals surface area contributed by atoms with E-state index in [1.54, 1.807) is 0 Å². The number of rotatable bonds is 3. The number of alkyl halides is 1. The average Bonchev–Trinajstić information content (AvgIpc) is 2.06. The van der Waals surface area contributed by atoms with E-state index in [0.29, 0.717) is 5.88 Å². The van der Waals surface area contributed by atoms with Gasteiger partial charge in [-0.3, -0.25) is 0 Å². The maximum absolute atomic E-state index is 5.73. The summed E-state index contributed by atoms with van der Waals surface area (Å²) >= 11 is 5.73. The Kier molecular flexibility index (Phi) is 5.95. The van der Waals surface area contributed by atoms with Gasteiger partial charge in [-0.15, -0.1) is 24.0 Å². The summed E-state index contributed by atoms with van der Waals surface area (Å²) in [5.41, 5.74) is 2.31. The lowest BCUT2D eigenvalue weighted by molar-refractivity contribution is 1.19. The molecule has 0 atom stereocenters. The van der Waals surface area contributed by atoms with Gasteiger partial charge in [-0.2, -0.15) is 0 Å². The van der Waals surface area contributed by atoms with Crippen LogP contribution >= 0.6 is 24.0 Å². The van der Waals surface area contributed by atoms with Gasteiger partial charge < -0.3 is 5.32 Å². The van der Waals surface area contributed by atoms with Gasteiger partial charge in [0.15, 0.2) is 0 Å². The fourth-order valence-corrected chi connectivity index (χ4v) is 1.23. The Morgan fingerprint density at radius 1 is 1.33 bits per heavy atom. The summed E-state index contributed by atoms with van der Waals surface area (Å²) < 4.78 is 0. The summed E-state index contributed by atoms with van der Waals surface area (Å²) in [6.45, 7) is 3.01. The van der Waals surface area contributed by atoms with Crippen molar-refractivity contribution in [3.8, 4) is 0 Å². The fourth-order valence-electron chi connectivity index (χ4n) is 1.000. The molecule has 1 aromatic carbocycles. The Morgan fingerprint density at radius 3 is 2.58 bits per heavy atom. The predicted octanol–water partition coefficient (Wildman–Crippen LogP) is 3.28. The van der Waals surface area contributed by atoms with E-state index in [9.17, 15) is 0 Å². The lowest BCUT2D eigenvalue weighted by Gasteiger charge is -2.06. The van der Waals surface area contributed by atoms with Crippen LogP contribution in [0.3, 0.4) is 0 Å². The molecule has 1 nitrogen and oxygen atoms in total. The third kappa shape index (κ3) is 2.92. The van der Waals surface area contributed by atoms with Crippen molar-refractivity contribution in [1.82, 2.24) is 0 Å². The van der Waals surface area contributed by atoms with E-state index in [0.717, 1.165) is 17.8 Å². The van der Waals surface area contributed by atoms with Crippen LogP contribution in [0.5, 0.6) is 0 Å². The first-order chi connectivity index (χ1) is 5.38. The van der Waals surface area contributed by atoms with E-state index in [-0.39, 0.29) is 12.4 Å². The molecule has 0 aliphatic rings. The van der Waals surface area contributed by atoms with Gasteiger partial charge in [0.2, 0.25) is 0 Å². The van der Waals surface area contributed by atoms with Crippen LogP contribution in [-0.2, 0) is 5.88 Å². The molecule has 0 aromatic heterocycles. The van der Waals surface area contributed by atoms with Crippen molar-refractivity contribution in [3.05, 3.63) is 29.8 Å². The largest absolute Gasteiger partial charge is 0.385 e. The van der Waals surface area contributed by atoms with Gasteiger partial charge in [0.1, 0.15) is 0 Å². The molecule has 1 rings (SSSR count). The minimum Gasteiger partial charge on any atom is -0.385 e. The number of para-hydroxylation sites is 1. The molecule has 0 saturated heterocycles. The van der Waals surface area contributed by atoms with Crippen molar-refractivity contribution in [2.24, 2.45) is 0 Å². The molecule has 0 aliphatic heterocycles. The van der Waals surface area contributed by atoms with Crippen LogP contribution in [0.1, 0.15) is 12.5 Å². The molecule has 3 heteroatoms. The van der Waals surface area contributed by atoms with Crippen LogP contribution in [0.15, 0.2) is 24.3 Å². The summed E-state index contributed by atoms with van der Waals surface area (Å²) in [6.07, 6.45) is 0. The zero-order valence-corrected chi connectivity index (χ0v) is 8.58. The normalized spacial score (nSPS) is 8.83. The molecule has 0 bridgehead atoms. The molecule has 1 aromatic rings. The molecule has 0 saturated carbocycles. The molecule has 0 radical (unpaired) electrons. The second kappa shape index (κ2) is 6.15. The lowest BCUT2D eigenvalue weighted by atomic mass is 10.2. The van der Waals surface area contributed by atoms with Crippen molar-refractivity contribution < 1.29 is 0 Å². The number of anilines is 1. The molecule has 0 unspecified atom stereocenters. The van der Waals surface area contributed by atoms with E-state index in [2.05, 4.69) is 12.2 Å². The van der Waals surface area contributed by atoms with Gasteiger partial charge in [0.25, 0.3) is 0 Å². The van der Waals surface area contributed by atoms with E-state index in [4.69, 9.17) is 11.6 Å². The SMILES string of the molecule is CCNc1ccccc1CCl.Cl. The molecule has 12 heavy (non-hydrogen) atoms. The first kappa shape index (κ1) is 11.6. The Morgan fingerprint density at radius 2 is 2.00 bits per heavy atom. The van der Waals surface area contributed by atoms with Gasteiger partial charge >= 0.3 is 0 Å². The van der Waals surface area contributed by atoms with Crippen LogP contribution in [0.25, 0.3) is 0 Å². The number of nitrogens with one attached hydrogen (secondary N) is 1. The highest BCUT2D eigenvalue weighted by Gasteiger charge is 1.96. The molecule has 0 spiro atoms. The lowest BCUT2D eigenvalue weighted by Crippen LogP contribution is -1.98. The van der Waals surface area contributed by atoms with Crippen LogP contribution in [0.4, 0.5) is 5.69 Å². The zero-order valence-electron chi connectivity index (χ0n) is 7.01. The summed E-state index contributed by atoms with van der Waals surface area (Å²) in [5, 5.41) is 3.24. The Balaban J connectivity index is 0.00000121. The van der Waals surface area contributed by atoms with Crippen LogP contribution < -0.4 is 5.32 Å². The second-order valence-corrected chi connectivity index (χ2v) is 2.59. The fraction of sp³-hybridized carbons (Fsp3) is 0.333. The predicted molar refractivity (Wildman–Crippen MR) is 57.4 cm³/mol. The van der Waals surface area contributed by atoms with Gasteiger partial charge in [0.05, 0.1) is 0 Å². The van der Waals surface area contributed by atoms with E-state index < -0.39 is 0 Å². The van der Waals surface area contributed by atoms with Crippen LogP contribution in [0, 0.1) is 0 Å². The zero-order chi connectivity index (χ0) is 8.10. The highest BCUT2D eigenvalue weighted by Crippen LogP contribution is 2.16. The highest BCUT2D eigenvalue weighted by atomic mass is 35.5. The third-order valence-electron chi connectivity index (χ3n) is 1.53. The minimum atomic E-state index is 0. The summed E-state index contributed by atoms with van der Waals surface area (Å²) in [7, 11) is 0. The number of benzene rings is 1. The standard InChI is InChI=1S/C9H12ClN.ClH/c1-2-11-9-6-4-3-5-8(9)7-10;/h3-6,11H,2,7H2,1H3;1H. The van der Waals surface area contributed by atoms with Crippen molar-refractivity contribution in [1.29, 1.82) is 0 Å². The molecule has 1 N–H and O–H groups in total. The van der Waals surface area contributed by atoms with Gasteiger partial charge in [0, 0.05) is 18.1 Å². The maximum atomic E-state index is 5.73. The molecule has 0 amide bonds. The average molecular weight is 206 g/mol. The number of hydrogen-bond acceptors (Lipinski definition) is 1. The maximum Gasteiger partial charge on any atom is 0.0494 e. The van der Waals surface area contributed by atoms with Gasteiger partial charge in [-0.1, -0.05) is 18.2 Å². The Labute approximate surface area is 84.5 Å². The van der Waals surface area contributed by atoms with Crippen molar-refractivity contribution in [2.75, 3.05) is 11.9 Å². The molecule has 0 aliphatic carbocycles. The van der Waals surface area contributed by atoms with E-state index in [1.807, 2.05) is 24.3 Å². The topological polar surface area (TPSA) is 12.0 Å². The first-order valence-electron chi connectivity index (χ1n) is 3.76.